The van der Waals surface area contributed by atoms with Crippen molar-refractivity contribution in [3.63, 3.8) is 0 Å². The van der Waals surface area contributed by atoms with Crippen LogP contribution in [0, 0.1) is 0 Å². The van der Waals surface area contributed by atoms with Gasteiger partial charge in [-0.1, -0.05) is 12.1 Å². The van der Waals surface area contributed by atoms with Crippen molar-refractivity contribution in [3.05, 3.63) is 44.8 Å². The first-order valence-corrected chi connectivity index (χ1v) is 8.04. The van der Waals surface area contributed by atoms with Gasteiger partial charge in [0.05, 0.1) is 19.7 Å². The second kappa shape index (κ2) is 7.54. The molecule has 6 heteroatoms. The van der Waals surface area contributed by atoms with Crippen LogP contribution in [0.5, 0.6) is 0 Å². The number of nitrogens with zero attached hydrogens (tertiary/aromatic N) is 1. The number of rotatable bonds is 7. The minimum atomic E-state index is -0.611. The number of nitrogens with two attached hydrogens (primary N) is 1. The maximum Gasteiger partial charge on any atom is 0.242 e. The van der Waals surface area contributed by atoms with E-state index in [9.17, 15) is 4.79 Å². The third-order valence-electron chi connectivity index (χ3n) is 2.83. The van der Waals surface area contributed by atoms with Gasteiger partial charge in [0.2, 0.25) is 5.91 Å². The molecule has 1 atom stereocenters. The van der Waals surface area contributed by atoms with E-state index in [0.29, 0.717) is 13.1 Å². The van der Waals surface area contributed by atoms with Crippen molar-refractivity contribution in [1.82, 2.24) is 4.90 Å². The van der Waals surface area contributed by atoms with Crippen LogP contribution in [0.1, 0.15) is 9.75 Å². The zero-order chi connectivity index (χ0) is 14.4. The summed E-state index contributed by atoms with van der Waals surface area (Å²) in [6, 6.07) is 7.42. The standard InChI is InChI=1S/C14H18N2O2S2/c1-18-10-13(15)14(17)16(8-11-4-2-6-19-11)9-12-5-3-7-20-12/h2-7,13H,8-10,15H2,1H3. The fraction of sp³-hybridized carbons (Fsp3) is 0.357. The number of methoxy groups -OCH3 is 1. The van der Waals surface area contributed by atoms with Crippen molar-refractivity contribution in [2.75, 3.05) is 13.7 Å². The van der Waals surface area contributed by atoms with Gasteiger partial charge in [-0.3, -0.25) is 4.79 Å². The minimum Gasteiger partial charge on any atom is -0.383 e. The summed E-state index contributed by atoms with van der Waals surface area (Å²) >= 11 is 3.29. The molecule has 0 radical (unpaired) electrons. The van der Waals surface area contributed by atoms with Crippen molar-refractivity contribution in [3.8, 4) is 0 Å². The van der Waals surface area contributed by atoms with Crippen molar-refractivity contribution < 1.29 is 9.53 Å². The molecule has 0 fully saturated rings. The third kappa shape index (κ3) is 4.14. The molecule has 0 aliphatic carbocycles. The van der Waals surface area contributed by atoms with Crippen LogP contribution in [0.15, 0.2) is 35.0 Å². The van der Waals surface area contributed by atoms with Crippen LogP contribution in [-0.2, 0) is 22.6 Å². The van der Waals surface area contributed by atoms with Crippen molar-refractivity contribution in [1.29, 1.82) is 0 Å². The number of carbonyl (C=O) groups excluding carboxylic acids is 1. The smallest absolute Gasteiger partial charge is 0.242 e. The normalized spacial score (nSPS) is 12.3. The molecule has 0 aliphatic heterocycles. The van der Waals surface area contributed by atoms with Crippen LogP contribution >= 0.6 is 22.7 Å². The number of hydrogen-bond acceptors (Lipinski definition) is 5. The minimum absolute atomic E-state index is 0.0753. The first-order valence-electron chi connectivity index (χ1n) is 6.28. The van der Waals surface area contributed by atoms with Gasteiger partial charge in [0.1, 0.15) is 6.04 Å². The van der Waals surface area contributed by atoms with Crippen LogP contribution in [0.3, 0.4) is 0 Å². The monoisotopic (exact) mass is 310 g/mol. The zero-order valence-electron chi connectivity index (χ0n) is 11.3. The van der Waals surface area contributed by atoms with E-state index in [-0.39, 0.29) is 12.5 Å². The molecular formula is C14H18N2O2S2. The molecule has 2 N–H and O–H groups in total. The lowest BCUT2D eigenvalue weighted by atomic mass is 10.2. The van der Waals surface area contributed by atoms with E-state index in [1.54, 1.807) is 34.7 Å². The summed E-state index contributed by atoms with van der Waals surface area (Å²) < 4.78 is 4.98. The second-order valence-electron chi connectivity index (χ2n) is 4.41. The molecule has 2 rings (SSSR count). The lowest BCUT2D eigenvalue weighted by molar-refractivity contribution is -0.135. The first-order chi connectivity index (χ1) is 9.70. The fourth-order valence-electron chi connectivity index (χ4n) is 1.88. The molecule has 0 bridgehead atoms. The molecule has 0 spiro atoms. The Bertz CT molecular complexity index is 475. The van der Waals surface area contributed by atoms with E-state index >= 15 is 0 Å². The van der Waals surface area contributed by atoms with Crippen molar-refractivity contribution in [2.24, 2.45) is 5.73 Å². The van der Waals surface area contributed by atoms with Gasteiger partial charge in [0, 0.05) is 16.9 Å². The van der Waals surface area contributed by atoms with Crippen molar-refractivity contribution in [2.45, 2.75) is 19.1 Å². The zero-order valence-corrected chi connectivity index (χ0v) is 13.0. The van der Waals surface area contributed by atoms with Gasteiger partial charge >= 0.3 is 0 Å². The lowest BCUT2D eigenvalue weighted by Gasteiger charge is -2.24. The number of amides is 1. The summed E-state index contributed by atoms with van der Waals surface area (Å²) in [5.74, 6) is -0.0753. The topological polar surface area (TPSA) is 55.6 Å². The molecule has 108 valence electrons. The molecule has 0 saturated carbocycles. The molecule has 2 aromatic heterocycles. The Labute approximate surface area is 126 Å². The molecule has 2 heterocycles. The summed E-state index contributed by atoms with van der Waals surface area (Å²) in [6.45, 7) is 1.42. The predicted molar refractivity (Wildman–Crippen MR) is 82.7 cm³/mol. The van der Waals surface area contributed by atoms with E-state index < -0.39 is 6.04 Å². The number of carbonyl (C=O) groups is 1. The Balaban J connectivity index is 2.08. The first kappa shape index (κ1) is 15.2. The maximum atomic E-state index is 12.4. The highest BCUT2D eigenvalue weighted by Gasteiger charge is 2.22. The van der Waals surface area contributed by atoms with Gasteiger partial charge in [-0.25, -0.2) is 0 Å². The number of ether oxygens (including phenoxy) is 1. The number of thiophene rings is 2. The highest BCUT2D eigenvalue weighted by molar-refractivity contribution is 7.10. The summed E-state index contributed by atoms with van der Waals surface area (Å²) in [5.41, 5.74) is 5.88. The van der Waals surface area contributed by atoms with E-state index in [1.165, 1.54) is 0 Å². The highest BCUT2D eigenvalue weighted by Crippen LogP contribution is 2.17. The average molecular weight is 310 g/mol. The predicted octanol–water partition coefficient (Wildman–Crippen LogP) is 2.31. The molecule has 0 aromatic carbocycles. The molecular weight excluding hydrogens is 292 g/mol. The van der Waals surface area contributed by atoms with Crippen LogP contribution in [0.25, 0.3) is 0 Å². The Hall–Kier alpha value is -1.21. The van der Waals surface area contributed by atoms with E-state index in [0.717, 1.165) is 9.75 Å². The van der Waals surface area contributed by atoms with Gasteiger partial charge in [0.25, 0.3) is 0 Å². The van der Waals surface area contributed by atoms with Gasteiger partial charge in [-0.2, -0.15) is 0 Å². The van der Waals surface area contributed by atoms with Gasteiger partial charge in [-0.05, 0) is 22.9 Å². The van der Waals surface area contributed by atoms with Gasteiger partial charge in [0.15, 0.2) is 0 Å². The molecule has 1 unspecified atom stereocenters. The Kier molecular flexibility index (Phi) is 5.72. The molecule has 0 saturated heterocycles. The summed E-state index contributed by atoms with van der Waals surface area (Å²) in [6.07, 6.45) is 0. The Morgan fingerprint density at radius 3 is 2.20 bits per heavy atom. The molecule has 2 aromatic rings. The van der Waals surface area contributed by atoms with Crippen LogP contribution in [0.4, 0.5) is 0 Å². The number of hydrogen-bond donors (Lipinski definition) is 1. The van der Waals surface area contributed by atoms with E-state index in [1.807, 2.05) is 35.0 Å². The third-order valence-corrected chi connectivity index (χ3v) is 4.55. The summed E-state index contributed by atoms with van der Waals surface area (Å²) in [7, 11) is 1.55. The lowest BCUT2D eigenvalue weighted by Crippen LogP contribution is -2.45. The van der Waals surface area contributed by atoms with E-state index in [2.05, 4.69) is 0 Å². The van der Waals surface area contributed by atoms with Gasteiger partial charge < -0.3 is 15.4 Å². The SMILES string of the molecule is COCC(N)C(=O)N(Cc1cccs1)Cc1cccs1. The second-order valence-corrected chi connectivity index (χ2v) is 6.48. The molecule has 4 nitrogen and oxygen atoms in total. The van der Waals surface area contributed by atoms with Gasteiger partial charge in [-0.15, -0.1) is 22.7 Å². The summed E-state index contributed by atoms with van der Waals surface area (Å²) in [4.78, 5) is 16.5. The van der Waals surface area contributed by atoms with Crippen LogP contribution in [0.2, 0.25) is 0 Å². The van der Waals surface area contributed by atoms with Crippen molar-refractivity contribution >= 4 is 28.6 Å². The largest absolute Gasteiger partial charge is 0.383 e. The Morgan fingerprint density at radius 2 is 1.80 bits per heavy atom. The average Bonchev–Trinajstić information content (AvgIpc) is 3.10. The summed E-state index contributed by atoms with van der Waals surface area (Å²) in [5, 5.41) is 4.02. The van der Waals surface area contributed by atoms with Crippen LogP contribution < -0.4 is 5.73 Å². The molecule has 20 heavy (non-hydrogen) atoms. The molecule has 1 amide bonds. The highest BCUT2D eigenvalue weighted by atomic mass is 32.1. The Morgan fingerprint density at radius 1 is 1.25 bits per heavy atom. The maximum absolute atomic E-state index is 12.4. The fourth-order valence-corrected chi connectivity index (χ4v) is 3.32. The van der Waals surface area contributed by atoms with E-state index in [4.69, 9.17) is 10.5 Å². The van der Waals surface area contributed by atoms with Crippen LogP contribution in [-0.4, -0.2) is 30.6 Å². The quantitative estimate of drug-likeness (QED) is 0.854. The molecule has 0 aliphatic rings.